The molecule has 2 nitrogen and oxygen atoms in total. The van der Waals surface area contributed by atoms with Crippen LogP contribution < -0.4 is 5.32 Å². The molecule has 0 spiro atoms. The Balaban J connectivity index is 2.01. The predicted molar refractivity (Wildman–Crippen MR) is 50.9 cm³/mol. The first-order valence-corrected chi connectivity index (χ1v) is 4.96. The van der Waals surface area contributed by atoms with Gasteiger partial charge in [0.05, 0.1) is 6.07 Å². The summed E-state index contributed by atoms with van der Waals surface area (Å²) in [6.07, 6.45) is 1.59. The SMILES string of the molecule is N#CCCCNCc1ccsc1. The molecular weight excluding hydrogens is 168 g/mol. The van der Waals surface area contributed by atoms with Gasteiger partial charge in [0.15, 0.2) is 0 Å². The Morgan fingerprint density at radius 1 is 1.58 bits per heavy atom. The van der Waals surface area contributed by atoms with E-state index in [4.69, 9.17) is 5.26 Å². The van der Waals surface area contributed by atoms with E-state index in [0.29, 0.717) is 6.42 Å². The molecule has 1 aromatic heterocycles. The monoisotopic (exact) mass is 180 g/mol. The van der Waals surface area contributed by atoms with Crippen molar-refractivity contribution >= 4 is 11.3 Å². The molecule has 12 heavy (non-hydrogen) atoms. The summed E-state index contributed by atoms with van der Waals surface area (Å²) in [5.74, 6) is 0. The molecular formula is C9H12N2S. The van der Waals surface area contributed by atoms with Crippen molar-refractivity contribution in [3.8, 4) is 6.07 Å². The highest BCUT2D eigenvalue weighted by atomic mass is 32.1. The van der Waals surface area contributed by atoms with Crippen molar-refractivity contribution in [2.24, 2.45) is 0 Å². The number of hydrogen-bond acceptors (Lipinski definition) is 3. The Morgan fingerprint density at radius 3 is 3.17 bits per heavy atom. The quantitative estimate of drug-likeness (QED) is 0.705. The Morgan fingerprint density at radius 2 is 2.50 bits per heavy atom. The number of nitrogens with zero attached hydrogens (tertiary/aromatic N) is 1. The van der Waals surface area contributed by atoms with E-state index >= 15 is 0 Å². The fraction of sp³-hybridized carbons (Fsp3) is 0.444. The van der Waals surface area contributed by atoms with Gasteiger partial charge in [-0.05, 0) is 35.4 Å². The van der Waals surface area contributed by atoms with Crippen molar-refractivity contribution in [3.63, 3.8) is 0 Å². The highest BCUT2D eigenvalue weighted by Gasteiger charge is 1.91. The molecule has 0 amide bonds. The minimum absolute atomic E-state index is 0.649. The largest absolute Gasteiger partial charge is 0.313 e. The molecule has 0 saturated carbocycles. The molecule has 0 fully saturated rings. The van der Waals surface area contributed by atoms with Crippen LogP contribution in [0.25, 0.3) is 0 Å². The number of nitrogens with one attached hydrogen (secondary N) is 1. The molecule has 1 heterocycles. The third-order valence-corrected chi connectivity index (χ3v) is 2.28. The minimum atomic E-state index is 0.649. The third kappa shape index (κ3) is 3.51. The van der Waals surface area contributed by atoms with E-state index in [9.17, 15) is 0 Å². The molecule has 1 aromatic rings. The Kier molecular flexibility index (Phi) is 4.43. The molecule has 1 N–H and O–H groups in total. The Bertz CT molecular complexity index is 236. The van der Waals surface area contributed by atoms with Crippen LogP contribution in [-0.4, -0.2) is 6.54 Å². The van der Waals surface area contributed by atoms with Crippen molar-refractivity contribution in [1.29, 1.82) is 5.26 Å². The van der Waals surface area contributed by atoms with E-state index in [1.54, 1.807) is 11.3 Å². The fourth-order valence-electron chi connectivity index (χ4n) is 0.918. The van der Waals surface area contributed by atoms with Gasteiger partial charge in [-0.25, -0.2) is 0 Å². The van der Waals surface area contributed by atoms with Crippen LogP contribution in [0.5, 0.6) is 0 Å². The zero-order chi connectivity index (χ0) is 8.65. The van der Waals surface area contributed by atoms with E-state index in [2.05, 4.69) is 28.2 Å². The van der Waals surface area contributed by atoms with Gasteiger partial charge in [-0.15, -0.1) is 0 Å². The van der Waals surface area contributed by atoms with Gasteiger partial charge in [0.2, 0.25) is 0 Å². The first kappa shape index (κ1) is 9.24. The summed E-state index contributed by atoms with van der Waals surface area (Å²) in [5, 5.41) is 15.8. The molecule has 0 aliphatic rings. The van der Waals surface area contributed by atoms with E-state index < -0.39 is 0 Å². The molecule has 0 radical (unpaired) electrons. The molecule has 0 aliphatic heterocycles. The smallest absolute Gasteiger partial charge is 0.0622 e. The topological polar surface area (TPSA) is 35.8 Å². The van der Waals surface area contributed by atoms with Crippen molar-refractivity contribution in [2.45, 2.75) is 19.4 Å². The van der Waals surface area contributed by atoms with Gasteiger partial charge >= 0.3 is 0 Å². The number of nitriles is 1. The van der Waals surface area contributed by atoms with Gasteiger partial charge in [0.1, 0.15) is 0 Å². The lowest BCUT2D eigenvalue weighted by molar-refractivity contribution is 0.658. The lowest BCUT2D eigenvalue weighted by Gasteiger charge is -1.99. The van der Waals surface area contributed by atoms with Crippen LogP contribution >= 0.6 is 11.3 Å². The first-order chi connectivity index (χ1) is 5.93. The van der Waals surface area contributed by atoms with Crippen LogP contribution in [-0.2, 0) is 6.54 Å². The maximum Gasteiger partial charge on any atom is 0.0622 e. The van der Waals surface area contributed by atoms with E-state index in [1.807, 2.05) is 0 Å². The highest BCUT2D eigenvalue weighted by Crippen LogP contribution is 2.04. The van der Waals surface area contributed by atoms with Crippen LogP contribution in [0.2, 0.25) is 0 Å². The van der Waals surface area contributed by atoms with Crippen LogP contribution in [0.4, 0.5) is 0 Å². The Hall–Kier alpha value is -0.850. The van der Waals surface area contributed by atoms with Gasteiger partial charge < -0.3 is 5.32 Å². The average molecular weight is 180 g/mol. The van der Waals surface area contributed by atoms with Gasteiger partial charge in [-0.3, -0.25) is 0 Å². The second-order valence-electron chi connectivity index (χ2n) is 2.57. The molecule has 0 atom stereocenters. The van der Waals surface area contributed by atoms with E-state index in [0.717, 1.165) is 19.5 Å². The summed E-state index contributed by atoms with van der Waals surface area (Å²) >= 11 is 1.72. The summed E-state index contributed by atoms with van der Waals surface area (Å²) in [4.78, 5) is 0. The van der Waals surface area contributed by atoms with Crippen molar-refractivity contribution in [1.82, 2.24) is 5.32 Å². The van der Waals surface area contributed by atoms with Crippen LogP contribution in [0.15, 0.2) is 16.8 Å². The third-order valence-electron chi connectivity index (χ3n) is 1.55. The van der Waals surface area contributed by atoms with Crippen molar-refractivity contribution in [3.05, 3.63) is 22.4 Å². The number of unbranched alkanes of at least 4 members (excludes halogenated alkanes) is 1. The number of rotatable bonds is 5. The molecule has 64 valence electrons. The predicted octanol–water partition coefficient (Wildman–Crippen LogP) is 2.14. The summed E-state index contributed by atoms with van der Waals surface area (Å²) in [7, 11) is 0. The zero-order valence-corrected chi connectivity index (χ0v) is 7.73. The summed E-state index contributed by atoms with van der Waals surface area (Å²) < 4.78 is 0. The fourth-order valence-corrected chi connectivity index (χ4v) is 1.59. The molecule has 0 bridgehead atoms. The molecule has 0 aromatic carbocycles. The highest BCUT2D eigenvalue weighted by molar-refractivity contribution is 7.07. The normalized spacial score (nSPS) is 9.58. The minimum Gasteiger partial charge on any atom is -0.313 e. The molecule has 0 unspecified atom stereocenters. The molecule has 0 aliphatic carbocycles. The summed E-state index contributed by atoms with van der Waals surface area (Å²) in [6.45, 7) is 1.86. The number of thiophene rings is 1. The van der Waals surface area contributed by atoms with Gasteiger partial charge in [-0.2, -0.15) is 16.6 Å². The standard InChI is InChI=1S/C9H12N2S/c10-4-1-2-5-11-7-9-3-6-12-8-9/h3,6,8,11H,1-2,5,7H2. The van der Waals surface area contributed by atoms with E-state index in [-0.39, 0.29) is 0 Å². The van der Waals surface area contributed by atoms with Gasteiger partial charge in [0.25, 0.3) is 0 Å². The van der Waals surface area contributed by atoms with Crippen molar-refractivity contribution < 1.29 is 0 Å². The van der Waals surface area contributed by atoms with Crippen LogP contribution in [0.3, 0.4) is 0 Å². The second kappa shape index (κ2) is 5.76. The maximum absolute atomic E-state index is 8.27. The van der Waals surface area contributed by atoms with Crippen molar-refractivity contribution in [2.75, 3.05) is 6.54 Å². The number of hydrogen-bond donors (Lipinski definition) is 1. The molecule has 1 rings (SSSR count). The van der Waals surface area contributed by atoms with E-state index in [1.165, 1.54) is 5.56 Å². The summed E-state index contributed by atoms with van der Waals surface area (Å²) in [6, 6.07) is 4.24. The summed E-state index contributed by atoms with van der Waals surface area (Å²) in [5.41, 5.74) is 1.33. The second-order valence-corrected chi connectivity index (χ2v) is 3.35. The molecule has 0 saturated heterocycles. The lowest BCUT2D eigenvalue weighted by Crippen LogP contribution is -2.13. The van der Waals surface area contributed by atoms with Gasteiger partial charge in [0, 0.05) is 13.0 Å². The average Bonchev–Trinajstić information content (AvgIpc) is 2.57. The first-order valence-electron chi connectivity index (χ1n) is 4.02. The van der Waals surface area contributed by atoms with Crippen LogP contribution in [0.1, 0.15) is 18.4 Å². The van der Waals surface area contributed by atoms with Crippen LogP contribution in [0, 0.1) is 11.3 Å². The lowest BCUT2D eigenvalue weighted by atomic mass is 10.3. The Labute approximate surface area is 76.8 Å². The maximum atomic E-state index is 8.27. The van der Waals surface area contributed by atoms with Gasteiger partial charge in [-0.1, -0.05) is 0 Å². The zero-order valence-electron chi connectivity index (χ0n) is 6.92. The molecule has 3 heteroatoms.